The lowest BCUT2D eigenvalue weighted by Crippen LogP contribution is -2.57. The lowest BCUT2D eigenvalue weighted by atomic mass is 9.85. The van der Waals surface area contributed by atoms with Crippen LogP contribution in [-0.4, -0.2) is 177 Å². The number of pyridine rings is 1. The van der Waals surface area contributed by atoms with Gasteiger partial charge >= 0.3 is 12.1 Å². The molecule has 5 aliphatic heterocycles. The molecule has 2 aromatic carbocycles. The molecule has 3 amide bonds. The van der Waals surface area contributed by atoms with Crippen LogP contribution in [0.1, 0.15) is 99.5 Å². The molecule has 4 aromatic rings. The van der Waals surface area contributed by atoms with E-state index in [1.807, 2.05) is 69.5 Å². The van der Waals surface area contributed by atoms with Crippen LogP contribution < -0.4 is 15.0 Å². The Hall–Kier alpha value is -5.39. The Labute approximate surface area is 424 Å². The largest absolute Gasteiger partial charge is 0.508 e. The van der Waals surface area contributed by atoms with Gasteiger partial charge in [0.1, 0.15) is 41.0 Å². The zero-order chi connectivity index (χ0) is 51.1. The first kappa shape index (κ1) is 51.5. The number of aromatic hydroxyl groups is 1. The van der Waals surface area contributed by atoms with Crippen LogP contribution in [0.5, 0.6) is 11.8 Å². The minimum atomic E-state index is -0.619. The number of nitrogens with zero attached hydrogens (tertiary/aromatic N) is 9. The predicted molar refractivity (Wildman–Crippen MR) is 278 cm³/mol. The van der Waals surface area contributed by atoms with E-state index in [1.165, 1.54) is 0 Å². The zero-order valence-corrected chi connectivity index (χ0v) is 43.9. The molecule has 16 nitrogen and oxygen atoms in total. The minimum absolute atomic E-state index is 0.0196. The molecule has 2 bridgehead atoms. The first-order valence-electron chi connectivity index (χ1n) is 26.6. The standard InChI is InChI=1S/C55H77FN10O6/c1-9-37-13-10-14-38-28-41(67)29-42(45(37)38)47-46(56)48-43(30-57-47)50(64-32-39-15-16-40(33-64)66(39)53(70)72-55(6,7)8)60-52(59-48)71-27-26-61-20-17-36(18-21-61)31-62-22-24-63(25-23-62)34-44(68)58-49(54(3,4)5)51(69)65-19-11-12-35(65)2/h10,13-14,28-30,35-36,39-40,49,67H,9,11-12,15-27,31-34H2,1-8H3,(H,58,68). The highest BCUT2D eigenvalue weighted by atomic mass is 19.1. The number of fused-ring (bicyclic) bond motifs is 4. The molecule has 2 aromatic heterocycles. The first-order valence-corrected chi connectivity index (χ1v) is 26.6. The van der Waals surface area contributed by atoms with Crippen molar-refractivity contribution in [2.75, 3.05) is 90.0 Å². The number of aryl methyl sites for hydroxylation is 1. The van der Waals surface area contributed by atoms with Crippen molar-refractivity contribution in [2.45, 2.75) is 130 Å². The number of ether oxygens (including phenoxy) is 2. The normalized spacial score (nSPS) is 22.2. The van der Waals surface area contributed by atoms with Crippen LogP contribution in [0, 0.1) is 17.2 Å². The Kier molecular flexibility index (Phi) is 15.2. The van der Waals surface area contributed by atoms with Gasteiger partial charge in [0, 0.05) is 76.7 Å². The van der Waals surface area contributed by atoms with E-state index < -0.39 is 17.5 Å². The molecule has 0 spiro atoms. The average Bonchev–Trinajstić information content (AvgIpc) is 3.89. The number of hydrogen-bond acceptors (Lipinski definition) is 13. The molecule has 0 saturated carbocycles. The van der Waals surface area contributed by atoms with Crippen LogP contribution in [0.2, 0.25) is 0 Å². The molecule has 390 valence electrons. The second kappa shape index (κ2) is 21.2. The lowest BCUT2D eigenvalue weighted by Gasteiger charge is -2.42. The second-order valence-electron chi connectivity index (χ2n) is 23.2. The molecule has 5 aliphatic rings. The van der Waals surface area contributed by atoms with Gasteiger partial charge in [-0.05, 0) is 126 Å². The van der Waals surface area contributed by atoms with E-state index in [0.29, 0.717) is 61.9 Å². The SMILES string of the molecule is CCc1cccc2cc(O)cc(-c3ncc4c(N5CC6CCC(C5)N6C(=O)OC(C)(C)C)nc(OCCN5CCC(CN6CCN(CC(=O)NC(C(=O)N7CCCC7C)C(C)(C)C)CC6)CC5)nc4c3F)c12. The summed E-state index contributed by atoms with van der Waals surface area (Å²) in [6.07, 6.45) is 7.83. The summed E-state index contributed by atoms with van der Waals surface area (Å²) in [5, 5.41) is 16.0. The fourth-order valence-electron chi connectivity index (χ4n) is 11.8. The molecule has 17 heteroatoms. The van der Waals surface area contributed by atoms with Gasteiger partial charge in [-0.2, -0.15) is 9.97 Å². The van der Waals surface area contributed by atoms with Gasteiger partial charge in [0.15, 0.2) is 5.82 Å². The van der Waals surface area contributed by atoms with E-state index in [2.05, 4.69) is 38.8 Å². The number of nitrogens with one attached hydrogen (secondary N) is 1. The Morgan fingerprint density at radius 1 is 0.889 bits per heavy atom. The number of halogens is 1. The highest BCUT2D eigenvalue weighted by Crippen LogP contribution is 2.40. The maximum Gasteiger partial charge on any atom is 0.410 e. The highest BCUT2D eigenvalue weighted by molar-refractivity contribution is 6.01. The number of likely N-dealkylation sites (tertiary alicyclic amines) is 2. The summed E-state index contributed by atoms with van der Waals surface area (Å²) in [4.78, 5) is 67.7. The fraction of sp³-hybridized carbons (Fsp3) is 0.636. The summed E-state index contributed by atoms with van der Waals surface area (Å²) in [7, 11) is 0. The molecule has 2 N–H and O–H groups in total. The number of anilines is 1. The van der Waals surface area contributed by atoms with Gasteiger partial charge in [0.25, 0.3) is 0 Å². The van der Waals surface area contributed by atoms with E-state index in [0.717, 1.165) is 107 Å². The van der Waals surface area contributed by atoms with Crippen molar-refractivity contribution < 1.29 is 33.4 Å². The van der Waals surface area contributed by atoms with Crippen molar-refractivity contribution in [1.29, 1.82) is 0 Å². The van der Waals surface area contributed by atoms with Gasteiger partial charge in [-0.15, -0.1) is 0 Å². The number of piperidine rings is 1. The summed E-state index contributed by atoms with van der Waals surface area (Å²) < 4.78 is 29.5. The molecule has 4 atom stereocenters. The van der Waals surface area contributed by atoms with Crippen LogP contribution in [0.25, 0.3) is 32.9 Å². The van der Waals surface area contributed by atoms with E-state index in [1.54, 1.807) is 18.3 Å². The van der Waals surface area contributed by atoms with Gasteiger partial charge in [-0.25, -0.2) is 9.18 Å². The van der Waals surface area contributed by atoms with Gasteiger partial charge in [0.2, 0.25) is 11.8 Å². The molecule has 5 fully saturated rings. The van der Waals surface area contributed by atoms with Crippen molar-refractivity contribution in [3.63, 3.8) is 0 Å². The van der Waals surface area contributed by atoms with Gasteiger partial charge in [0.05, 0.1) is 24.0 Å². The molecule has 72 heavy (non-hydrogen) atoms. The second-order valence-corrected chi connectivity index (χ2v) is 23.2. The Bertz CT molecular complexity index is 2610. The Balaban J connectivity index is 0.828. The molecule has 4 unspecified atom stereocenters. The topological polar surface area (TPSA) is 160 Å². The summed E-state index contributed by atoms with van der Waals surface area (Å²) in [5.41, 5.74) is 0.686. The molecule has 0 aliphatic carbocycles. The number of piperazine rings is 2. The summed E-state index contributed by atoms with van der Waals surface area (Å²) in [5.74, 6) is 0.436. The summed E-state index contributed by atoms with van der Waals surface area (Å²) in [6.45, 7) is 25.2. The van der Waals surface area contributed by atoms with E-state index in [-0.39, 0.29) is 64.4 Å². The van der Waals surface area contributed by atoms with E-state index in [9.17, 15) is 19.5 Å². The number of aromatic nitrogens is 3. The fourth-order valence-corrected chi connectivity index (χ4v) is 11.8. The van der Waals surface area contributed by atoms with Crippen LogP contribution in [0.15, 0.2) is 36.5 Å². The van der Waals surface area contributed by atoms with Gasteiger partial charge < -0.3 is 34.6 Å². The number of carbonyl (C=O) groups excluding carboxylic acids is 3. The average molecular weight is 993 g/mol. The quantitative estimate of drug-likeness (QED) is 0.140. The van der Waals surface area contributed by atoms with Crippen molar-refractivity contribution in [3.8, 4) is 23.0 Å². The Morgan fingerprint density at radius 2 is 1.60 bits per heavy atom. The maximum atomic E-state index is 17.3. The minimum Gasteiger partial charge on any atom is -0.508 e. The predicted octanol–water partition coefficient (Wildman–Crippen LogP) is 7.09. The molecule has 7 heterocycles. The van der Waals surface area contributed by atoms with Gasteiger partial charge in [-0.3, -0.25) is 29.3 Å². The smallest absolute Gasteiger partial charge is 0.410 e. The van der Waals surface area contributed by atoms with Crippen LogP contribution in [-0.2, 0) is 20.7 Å². The van der Waals surface area contributed by atoms with Crippen molar-refractivity contribution in [2.24, 2.45) is 11.3 Å². The highest BCUT2D eigenvalue weighted by Gasteiger charge is 2.45. The number of benzene rings is 2. The molecule has 0 radical (unpaired) electrons. The summed E-state index contributed by atoms with van der Waals surface area (Å²) in [6, 6.07) is 8.67. The number of phenols is 1. The van der Waals surface area contributed by atoms with Crippen molar-refractivity contribution in [1.82, 2.24) is 44.8 Å². The third-order valence-corrected chi connectivity index (χ3v) is 15.7. The van der Waals surface area contributed by atoms with Crippen LogP contribution >= 0.6 is 0 Å². The van der Waals surface area contributed by atoms with Crippen LogP contribution in [0.4, 0.5) is 15.0 Å². The third-order valence-electron chi connectivity index (χ3n) is 15.7. The van der Waals surface area contributed by atoms with E-state index >= 15 is 4.39 Å². The lowest BCUT2D eigenvalue weighted by molar-refractivity contribution is -0.140. The molecule has 9 rings (SSSR count). The molecular formula is C55H77FN10O6. The number of hydrogen-bond donors (Lipinski definition) is 2. The zero-order valence-electron chi connectivity index (χ0n) is 43.9. The summed E-state index contributed by atoms with van der Waals surface area (Å²) >= 11 is 0. The molecular weight excluding hydrogens is 916 g/mol. The van der Waals surface area contributed by atoms with Crippen molar-refractivity contribution >= 4 is 45.4 Å². The number of carbonyl (C=O) groups is 3. The van der Waals surface area contributed by atoms with Crippen molar-refractivity contribution in [3.05, 3.63) is 47.9 Å². The maximum absolute atomic E-state index is 17.3. The van der Waals surface area contributed by atoms with Crippen LogP contribution in [0.3, 0.4) is 0 Å². The van der Waals surface area contributed by atoms with E-state index in [4.69, 9.17) is 24.4 Å². The molecule has 5 saturated heterocycles. The van der Waals surface area contributed by atoms with Gasteiger partial charge in [-0.1, -0.05) is 45.9 Å². The first-order chi connectivity index (χ1) is 34.3. The monoisotopic (exact) mass is 993 g/mol. The Morgan fingerprint density at radius 3 is 2.25 bits per heavy atom. The third kappa shape index (κ3) is 11.4. The number of rotatable bonds is 13. The number of phenolic OH excluding ortho intramolecular Hbond substituents is 1. The number of amides is 3.